The summed E-state index contributed by atoms with van der Waals surface area (Å²) in [6, 6.07) is 0.825. The molecule has 0 radical (unpaired) electrons. The van der Waals surface area contributed by atoms with Crippen molar-refractivity contribution >= 4 is 0 Å². The van der Waals surface area contributed by atoms with E-state index >= 15 is 0 Å². The zero-order valence-electron chi connectivity index (χ0n) is 11.2. The van der Waals surface area contributed by atoms with Crippen LogP contribution in [0.2, 0.25) is 0 Å². The average Bonchev–Trinajstić information content (AvgIpc) is 2.28. The smallest absolute Gasteiger partial charge is 0.0615 e. The van der Waals surface area contributed by atoms with Crippen LogP contribution in [0.15, 0.2) is 0 Å². The maximum Gasteiger partial charge on any atom is 0.0615 e. The zero-order chi connectivity index (χ0) is 12.4. The highest BCUT2D eigenvalue weighted by Gasteiger charge is 2.21. The second-order valence-electron chi connectivity index (χ2n) is 4.21. The fraction of sp³-hybridized carbons (Fsp3) is 1.00. The van der Waals surface area contributed by atoms with Crippen molar-refractivity contribution in [2.45, 2.75) is 38.8 Å². The van der Waals surface area contributed by atoms with Crippen molar-refractivity contribution < 1.29 is 9.47 Å². The SMILES string of the molecule is CCCC(CN)N(CCOC)C(C)COC. The number of ether oxygens (including phenoxy) is 2. The second-order valence-corrected chi connectivity index (χ2v) is 4.21. The van der Waals surface area contributed by atoms with Gasteiger partial charge in [0, 0.05) is 39.4 Å². The third-order valence-corrected chi connectivity index (χ3v) is 2.89. The molecular formula is C12H28N2O2. The Kier molecular flexibility index (Phi) is 9.92. The first-order chi connectivity index (χ1) is 7.71. The van der Waals surface area contributed by atoms with Gasteiger partial charge in [0.05, 0.1) is 13.2 Å². The van der Waals surface area contributed by atoms with E-state index in [1.807, 2.05) is 0 Å². The maximum atomic E-state index is 5.84. The molecule has 0 fully saturated rings. The summed E-state index contributed by atoms with van der Waals surface area (Å²) in [5.74, 6) is 0. The van der Waals surface area contributed by atoms with Gasteiger partial charge in [0.25, 0.3) is 0 Å². The van der Waals surface area contributed by atoms with Crippen LogP contribution in [-0.4, -0.2) is 57.5 Å². The van der Waals surface area contributed by atoms with Crippen molar-refractivity contribution in [3.05, 3.63) is 0 Å². The van der Waals surface area contributed by atoms with Gasteiger partial charge in [0.15, 0.2) is 0 Å². The van der Waals surface area contributed by atoms with Crippen LogP contribution in [0.4, 0.5) is 0 Å². The van der Waals surface area contributed by atoms with Crippen LogP contribution in [0.1, 0.15) is 26.7 Å². The number of hydrogen-bond acceptors (Lipinski definition) is 4. The molecule has 2 atom stereocenters. The zero-order valence-corrected chi connectivity index (χ0v) is 11.2. The second kappa shape index (κ2) is 10.0. The van der Waals surface area contributed by atoms with Crippen molar-refractivity contribution in [3.63, 3.8) is 0 Å². The molecule has 0 heterocycles. The lowest BCUT2D eigenvalue weighted by Gasteiger charge is -2.35. The van der Waals surface area contributed by atoms with Crippen molar-refractivity contribution in [3.8, 4) is 0 Å². The molecule has 0 aliphatic heterocycles. The highest BCUT2D eigenvalue weighted by Crippen LogP contribution is 2.10. The van der Waals surface area contributed by atoms with E-state index in [1.54, 1.807) is 14.2 Å². The molecule has 4 nitrogen and oxygen atoms in total. The third-order valence-electron chi connectivity index (χ3n) is 2.89. The van der Waals surface area contributed by atoms with Gasteiger partial charge in [-0.3, -0.25) is 4.90 Å². The van der Waals surface area contributed by atoms with Gasteiger partial charge in [-0.1, -0.05) is 13.3 Å². The molecule has 0 aliphatic rings. The lowest BCUT2D eigenvalue weighted by atomic mass is 10.1. The Hall–Kier alpha value is -0.160. The van der Waals surface area contributed by atoms with E-state index in [0.29, 0.717) is 18.6 Å². The largest absolute Gasteiger partial charge is 0.383 e. The van der Waals surface area contributed by atoms with Crippen LogP contribution in [-0.2, 0) is 9.47 Å². The molecule has 98 valence electrons. The van der Waals surface area contributed by atoms with Gasteiger partial charge in [0.1, 0.15) is 0 Å². The Morgan fingerprint density at radius 1 is 1.25 bits per heavy atom. The minimum atomic E-state index is 0.389. The van der Waals surface area contributed by atoms with Crippen LogP contribution in [0.3, 0.4) is 0 Å². The quantitative estimate of drug-likeness (QED) is 0.613. The molecule has 4 heteroatoms. The average molecular weight is 232 g/mol. The number of nitrogens with two attached hydrogens (primary N) is 1. The Morgan fingerprint density at radius 2 is 1.94 bits per heavy atom. The van der Waals surface area contributed by atoms with Crippen molar-refractivity contribution in [2.75, 3.05) is 40.5 Å². The van der Waals surface area contributed by atoms with E-state index in [0.717, 1.165) is 32.6 Å². The number of nitrogens with zero attached hydrogens (tertiary/aromatic N) is 1. The van der Waals surface area contributed by atoms with E-state index in [-0.39, 0.29) is 0 Å². The standard InChI is InChI=1S/C12H28N2O2/c1-5-6-12(9-13)14(7-8-15-3)11(2)10-16-4/h11-12H,5-10,13H2,1-4H3. The van der Waals surface area contributed by atoms with Crippen molar-refractivity contribution in [1.29, 1.82) is 0 Å². The third kappa shape index (κ3) is 5.80. The lowest BCUT2D eigenvalue weighted by molar-refractivity contribution is 0.0464. The van der Waals surface area contributed by atoms with Crippen molar-refractivity contribution in [1.82, 2.24) is 4.90 Å². The topological polar surface area (TPSA) is 47.7 Å². The predicted molar refractivity (Wildman–Crippen MR) is 67.7 cm³/mol. The van der Waals surface area contributed by atoms with Gasteiger partial charge in [-0.2, -0.15) is 0 Å². The predicted octanol–water partition coefficient (Wildman–Crippen LogP) is 1.10. The highest BCUT2D eigenvalue weighted by atomic mass is 16.5. The molecule has 0 saturated heterocycles. The van der Waals surface area contributed by atoms with Crippen LogP contribution >= 0.6 is 0 Å². The van der Waals surface area contributed by atoms with E-state index in [1.165, 1.54) is 0 Å². The van der Waals surface area contributed by atoms with Crippen LogP contribution in [0, 0.1) is 0 Å². The van der Waals surface area contributed by atoms with Gasteiger partial charge in [-0.15, -0.1) is 0 Å². The maximum absolute atomic E-state index is 5.84. The Bertz CT molecular complexity index is 156. The minimum Gasteiger partial charge on any atom is -0.383 e. The van der Waals surface area contributed by atoms with E-state index in [9.17, 15) is 0 Å². The first kappa shape index (κ1) is 15.8. The van der Waals surface area contributed by atoms with Gasteiger partial charge < -0.3 is 15.2 Å². The summed E-state index contributed by atoms with van der Waals surface area (Å²) in [7, 11) is 3.47. The van der Waals surface area contributed by atoms with Gasteiger partial charge in [-0.25, -0.2) is 0 Å². The van der Waals surface area contributed by atoms with Gasteiger partial charge in [0.2, 0.25) is 0 Å². The fourth-order valence-electron chi connectivity index (χ4n) is 2.05. The molecule has 0 aromatic heterocycles. The molecule has 0 bridgehead atoms. The molecule has 0 amide bonds. The Balaban J connectivity index is 4.34. The summed E-state index contributed by atoms with van der Waals surface area (Å²) < 4.78 is 10.4. The molecule has 16 heavy (non-hydrogen) atoms. The minimum absolute atomic E-state index is 0.389. The molecule has 0 spiro atoms. The highest BCUT2D eigenvalue weighted by molar-refractivity contribution is 4.77. The normalized spacial score (nSPS) is 15.4. The first-order valence-corrected chi connectivity index (χ1v) is 6.14. The summed E-state index contributed by atoms with van der Waals surface area (Å²) in [6.45, 7) is 7.47. The Labute approximate surface area is 100 Å². The summed E-state index contributed by atoms with van der Waals surface area (Å²) in [6.07, 6.45) is 2.29. The molecular weight excluding hydrogens is 204 g/mol. The van der Waals surface area contributed by atoms with E-state index in [2.05, 4.69) is 18.7 Å². The summed E-state index contributed by atoms with van der Waals surface area (Å²) in [4.78, 5) is 2.40. The molecule has 0 aromatic rings. The molecule has 2 unspecified atom stereocenters. The van der Waals surface area contributed by atoms with Gasteiger partial charge in [-0.05, 0) is 13.3 Å². The summed E-state index contributed by atoms with van der Waals surface area (Å²) in [5, 5.41) is 0. The molecule has 0 rings (SSSR count). The monoisotopic (exact) mass is 232 g/mol. The van der Waals surface area contributed by atoms with Crippen LogP contribution in [0.5, 0.6) is 0 Å². The first-order valence-electron chi connectivity index (χ1n) is 6.14. The molecule has 0 aromatic carbocycles. The lowest BCUT2D eigenvalue weighted by Crippen LogP contribution is -2.48. The van der Waals surface area contributed by atoms with Crippen LogP contribution < -0.4 is 5.73 Å². The van der Waals surface area contributed by atoms with Gasteiger partial charge >= 0.3 is 0 Å². The number of methoxy groups -OCH3 is 2. The van der Waals surface area contributed by atoms with Crippen molar-refractivity contribution in [2.24, 2.45) is 5.73 Å². The number of rotatable bonds is 10. The fourth-order valence-corrected chi connectivity index (χ4v) is 2.05. The van der Waals surface area contributed by atoms with E-state index in [4.69, 9.17) is 15.2 Å². The number of hydrogen-bond donors (Lipinski definition) is 1. The van der Waals surface area contributed by atoms with Crippen LogP contribution in [0.25, 0.3) is 0 Å². The van der Waals surface area contributed by atoms with E-state index < -0.39 is 0 Å². The summed E-state index contributed by atoms with van der Waals surface area (Å²) >= 11 is 0. The summed E-state index contributed by atoms with van der Waals surface area (Å²) in [5.41, 5.74) is 5.84. The molecule has 0 aliphatic carbocycles. The molecule has 2 N–H and O–H groups in total. The Morgan fingerprint density at radius 3 is 2.38 bits per heavy atom. The molecule has 0 saturated carbocycles.